The summed E-state index contributed by atoms with van der Waals surface area (Å²) in [5, 5.41) is 9.80. The Kier molecular flexibility index (Phi) is 7.10. The van der Waals surface area contributed by atoms with E-state index in [4.69, 9.17) is 5.73 Å². The van der Waals surface area contributed by atoms with E-state index in [1.807, 2.05) is 12.1 Å². The number of benzene rings is 2. The standard InChI is InChI=1S/C19H26N2O/c20-13-7-12-19(16-22)21(14-17-8-3-1-4-9-17)15-18-10-5-2-6-11-18/h1-6,8-11,19,22H,7,12-16,20H2. The first-order valence-electron chi connectivity index (χ1n) is 7.96. The molecule has 0 bridgehead atoms. The van der Waals surface area contributed by atoms with Crippen LogP contribution in [0.15, 0.2) is 60.7 Å². The smallest absolute Gasteiger partial charge is 0.0587 e. The van der Waals surface area contributed by atoms with Crippen molar-refractivity contribution in [3.8, 4) is 0 Å². The summed E-state index contributed by atoms with van der Waals surface area (Å²) >= 11 is 0. The summed E-state index contributed by atoms with van der Waals surface area (Å²) in [5.41, 5.74) is 8.17. The van der Waals surface area contributed by atoms with E-state index in [-0.39, 0.29) is 12.6 Å². The molecule has 2 aromatic carbocycles. The minimum atomic E-state index is 0.143. The van der Waals surface area contributed by atoms with E-state index in [0.29, 0.717) is 6.54 Å². The summed E-state index contributed by atoms with van der Waals surface area (Å²) in [6.45, 7) is 2.51. The number of rotatable bonds is 9. The summed E-state index contributed by atoms with van der Waals surface area (Å²) < 4.78 is 0. The molecule has 0 saturated heterocycles. The number of aliphatic hydroxyl groups is 1. The number of nitrogens with zero attached hydrogens (tertiary/aromatic N) is 1. The zero-order chi connectivity index (χ0) is 15.6. The molecule has 1 unspecified atom stereocenters. The number of hydrogen-bond donors (Lipinski definition) is 2. The highest BCUT2D eigenvalue weighted by atomic mass is 16.3. The lowest BCUT2D eigenvalue weighted by atomic mass is 10.1. The van der Waals surface area contributed by atoms with Gasteiger partial charge in [-0.2, -0.15) is 0 Å². The average molecular weight is 298 g/mol. The maximum absolute atomic E-state index is 9.80. The van der Waals surface area contributed by atoms with Gasteiger partial charge in [0.25, 0.3) is 0 Å². The van der Waals surface area contributed by atoms with E-state index in [1.165, 1.54) is 11.1 Å². The van der Waals surface area contributed by atoms with Crippen LogP contribution in [0, 0.1) is 0 Å². The van der Waals surface area contributed by atoms with Gasteiger partial charge in [0.05, 0.1) is 6.61 Å². The first kappa shape index (κ1) is 16.7. The van der Waals surface area contributed by atoms with E-state index >= 15 is 0 Å². The summed E-state index contributed by atoms with van der Waals surface area (Å²) in [7, 11) is 0. The van der Waals surface area contributed by atoms with Gasteiger partial charge in [-0.15, -0.1) is 0 Å². The summed E-state index contributed by atoms with van der Waals surface area (Å²) in [5.74, 6) is 0. The lowest BCUT2D eigenvalue weighted by Gasteiger charge is -2.31. The molecule has 0 fully saturated rings. The highest BCUT2D eigenvalue weighted by Crippen LogP contribution is 2.16. The van der Waals surface area contributed by atoms with Crippen LogP contribution in [0.5, 0.6) is 0 Å². The molecule has 3 heteroatoms. The fourth-order valence-corrected chi connectivity index (χ4v) is 2.69. The van der Waals surface area contributed by atoms with Crippen LogP contribution in [-0.2, 0) is 13.1 Å². The maximum atomic E-state index is 9.80. The second-order valence-corrected chi connectivity index (χ2v) is 5.64. The topological polar surface area (TPSA) is 49.5 Å². The van der Waals surface area contributed by atoms with Gasteiger partial charge in [-0.3, -0.25) is 4.90 Å². The summed E-state index contributed by atoms with van der Waals surface area (Å²) in [6.07, 6.45) is 1.86. The molecule has 2 aromatic rings. The lowest BCUT2D eigenvalue weighted by molar-refractivity contribution is 0.102. The molecular formula is C19H26N2O. The number of hydrogen-bond acceptors (Lipinski definition) is 3. The third-order valence-electron chi connectivity index (χ3n) is 3.93. The molecule has 0 radical (unpaired) electrons. The molecule has 118 valence electrons. The zero-order valence-electron chi connectivity index (χ0n) is 13.1. The third kappa shape index (κ3) is 5.26. The van der Waals surface area contributed by atoms with Gasteiger partial charge in [-0.25, -0.2) is 0 Å². The van der Waals surface area contributed by atoms with Gasteiger partial charge in [0.1, 0.15) is 0 Å². The summed E-state index contributed by atoms with van der Waals surface area (Å²) in [6, 6.07) is 21.0. The fourth-order valence-electron chi connectivity index (χ4n) is 2.69. The van der Waals surface area contributed by atoms with Gasteiger partial charge in [0.15, 0.2) is 0 Å². The number of nitrogens with two attached hydrogens (primary N) is 1. The minimum Gasteiger partial charge on any atom is -0.395 e. The van der Waals surface area contributed by atoms with E-state index < -0.39 is 0 Å². The maximum Gasteiger partial charge on any atom is 0.0587 e. The molecule has 0 aliphatic carbocycles. The fraction of sp³-hybridized carbons (Fsp3) is 0.368. The van der Waals surface area contributed by atoms with Crippen molar-refractivity contribution in [1.29, 1.82) is 0 Å². The Hall–Kier alpha value is -1.68. The van der Waals surface area contributed by atoms with E-state index in [0.717, 1.165) is 25.9 Å². The molecule has 2 rings (SSSR count). The Morgan fingerprint density at radius 2 is 1.36 bits per heavy atom. The quantitative estimate of drug-likeness (QED) is 0.748. The van der Waals surface area contributed by atoms with Gasteiger partial charge >= 0.3 is 0 Å². The van der Waals surface area contributed by atoms with Crippen LogP contribution in [-0.4, -0.2) is 29.2 Å². The Morgan fingerprint density at radius 1 is 0.864 bits per heavy atom. The average Bonchev–Trinajstić information content (AvgIpc) is 2.57. The SMILES string of the molecule is NCCCC(CO)N(Cc1ccccc1)Cc1ccccc1. The van der Waals surface area contributed by atoms with Gasteiger partial charge < -0.3 is 10.8 Å². The normalized spacial score (nSPS) is 12.5. The van der Waals surface area contributed by atoms with Crippen molar-refractivity contribution in [1.82, 2.24) is 4.90 Å². The Balaban J connectivity index is 2.11. The highest BCUT2D eigenvalue weighted by Gasteiger charge is 2.18. The molecule has 3 nitrogen and oxygen atoms in total. The molecule has 0 spiro atoms. The van der Waals surface area contributed by atoms with Gasteiger partial charge in [0.2, 0.25) is 0 Å². The zero-order valence-corrected chi connectivity index (χ0v) is 13.1. The van der Waals surface area contributed by atoms with Crippen molar-refractivity contribution in [2.45, 2.75) is 32.0 Å². The molecule has 1 atom stereocenters. The lowest BCUT2D eigenvalue weighted by Crippen LogP contribution is -2.37. The van der Waals surface area contributed by atoms with Crippen LogP contribution in [0.2, 0.25) is 0 Å². The molecule has 0 saturated carbocycles. The van der Waals surface area contributed by atoms with Crippen molar-refractivity contribution in [2.24, 2.45) is 5.73 Å². The highest BCUT2D eigenvalue weighted by molar-refractivity contribution is 5.17. The number of aliphatic hydroxyl groups excluding tert-OH is 1. The summed E-state index contributed by atoms with van der Waals surface area (Å²) in [4.78, 5) is 2.35. The molecule has 0 heterocycles. The van der Waals surface area contributed by atoms with Crippen molar-refractivity contribution in [3.05, 3.63) is 71.8 Å². The second kappa shape index (κ2) is 9.36. The molecule has 3 N–H and O–H groups in total. The monoisotopic (exact) mass is 298 g/mol. The van der Waals surface area contributed by atoms with E-state index in [9.17, 15) is 5.11 Å². The van der Waals surface area contributed by atoms with Gasteiger partial charge in [-0.1, -0.05) is 60.7 Å². The molecule has 0 amide bonds. The van der Waals surface area contributed by atoms with Crippen LogP contribution in [0.25, 0.3) is 0 Å². The predicted molar refractivity (Wildman–Crippen MR) is 91.3 cm³/mol. The predicted octanol–water partition coefficient (Wildman–Crippen LogP) is 2.79. The Morgan fingerprint density at radius 3 is 1.77 bits per heavy atom. The Bertz CT molecular complexity index is 474. The van der Waals surface area contributed by atoms with Crippen LogP contribution >= 0.6 is 0 Å². The molecular weight excluding hydrogens is 272 g/mol. The van der Waals surface area contributed by atoms with Crippen molar-refractivity contribution >= 4 is 0 Å². The Labute approximate surface area is 133 Å². The van der Waals surface area contributed by atoms with Crippen LogP contribution in [0.1, 0.15) is 24.0 Å². The van der Waals surface area contributed by atoms with Crippen molar-refractivity contribution in [3.63, 3.8) is 0 Å². The molecule has 0 aliphatic heterocycles. The van der Waals surface area contributed by atoms with Crippen molar-refractivity contribution in [2.75, 3.05) is 13.2 Å². The first-order valence-corrected chi connectivity index (χ1v) is 7.96. The second-order valence-electron chi connectivity index (χ2n) is 5.64. The largest absolute Gasteiger partial charge is 0.395 e. The molecule has 22 heavy (non-hydrogen) atoms. The molecule has 0 aliphatic rings. The molecule has 0 aromatic heterocycles. The van der Waals surface area contributed by atoms with E-state index in [2.05, 4.69) is 53.4 Å². The van der Waals surface area contributed by atoms with Crippen LogP contribution in [0.4, 0.5) is 0 Å². The van der Waals surface area contributed by atoms with Gasteiger partial charge in [0, 0.05) is 19.1 Å². The van der Waals surface area contributed by atoms with Crippen LogP contribution in [0.3, 0.4) is 0 Å². The van der Waals surface area contributed by atoms with Crippen molar-refractivity contribution < 1.29 is 5.11 Å². The first-order chi connectivity index (χ1) is 10.8. The van der Waals surface area contributed by atoms with Crippen LogP contribution < -0.4 is 5.73 Å². The van der Waals surface area contributed by atoms with E-state index in [1.54, 1.807) is 0 Å². The minimum absolute atomic E-state index is 0.143. The third-order valence-corrected chi connectivity index (χ3v) is 3.93. The van der Waals surface area contributed by atoms with Gasteiger partial charge in [-0.05, 0) is 30.5 Å².